The Labute approximate surface area is 215 Å². The average molecular weight is 476 g/mol. The van der Waals surface area contributed by atoms with E-state index < -0.39 is 0 Å². The molecule has 3 heteroatoms. The molecule has 2 aromatic heterocycles. The molecule has 0 aliphatic heterocycles. The van der Waals surface area contributed by atoms with E-state index in [1.807, 2.05) is 18.3 Å². The Morgan fingerprint density at radius 1 is 0.622 bits per heavy atom. The first-order chi connectivity index (χ1) is 18.3. The van der Waals surface area contributed by atoms with Gasteiger partial charge in [0.2, 0.25) is 0 Å². The van der Waals surface area contributed by atoms with Crippen molar-refractivity contribution in [1.82, 2.24) is 14.5 Å². The van der Waals surface area contributed by atoms with Crippen LogP contribution in [0, 0.1) is 0 Å². The zero-order valence-electron chi connectivity index (χ0n) is 20.6. The Balaban J connectivity index is 1.60. The molecule has 0 saturated heterocycles. The summed E-state index contributed by atoms with van der Waals surface area (Å²) in [6, 6.07) is 40.8. The van der Waals surface area contributed by atoms with E-state index in [0.29, 0.717) is 0 Å². The van der Waals surface area contributed by atoms with Crippen molar-refractivity contribution in [3.05, 3.63) is 127 Å². The Morgan fingerprint density at radius 3 is 1.97 bits per heavy atom. The molecule has 0 aliphatic rings. The van der Waals surface area contributed by atoms with Crippen LogP contribution in [0.4, 0.5) is 0 Å². The molecule has 0 saturated carbocycles. The van der Waals surface area contributed by atoms with Crippen LogP contribution in [-0.4, -0.2) is 14.5 Å². The lowest BCUT2D eigenvalue weighted by molar-refractivity contribution is 0.917. The molecule has 7 aromatic rings. The number of benzene rings is 5. The van der Waals surface area contributed by atoms with Crippen molar-refractivity contribution in [2.75, 3.05) is 0 Å². The fourth-order valence-corrected chi connectivity index (χ4v) is 5.59. The van der Waals surface area contributed by atoms with E-state index in [1.54, 1.807) is 0 Å². The van der Waals surface area contributed by atoms with E-state index in [2.05, 4.69) is 120 Å². The molecule has 0 N–H and O–H groups in total. The van der Waals surface area contributed by atoms with Crippen LogP contribution in [-0.2, 0) is 6.42 Å². The molecule has 0 spiro atoms. The highest BCUT2D eigenvalue weighted by Crippen LogP contribution is 2.42. The summed E-state index contributed by atoms with van der Waals surface area (Å²) in [5, 5.41) is 4.90. The van der Waals surface area contributed by atoms with Gasteiger partial charge in [0.15, 0.2) is 0 Å². The fourth-order valence-electron chi connectivity index (χ4n) is 5.59. The maximum Gasteiger partial charge on any atom is 0.114 e. The van der Waals surface area contributed by atoms with Crippen LogP contribution in [0.15, 0.2) is 121 Å². The van der Waals surface area contributed by atoms with E-state index in [0.717, 1.165) is 34.5 Å². The smallest absolute Gasteiger partial charge is 0.114 e. The van der Waals surface area contributed by atoms with Gasteiger partial charge in [0.05, 0.1) is 22.4 Å². The minimum absolute atomic E-state index is 0.852. The van der Waals surface area contributed by atoms with Gasteiger partial charge in [0, 0.05) is 29.0 Å². The first kappa shape index (κ1) is 21.5. The van der Waals surface area contributed by atoms with Crippen LogP contribution < -0.4 is 0 Å². The van der Waals surface area contributed by atoms with Gasteiger partial charge < -0.3 is 0 Å². The molecule has 37 heavy (non-hydrogen) atoms. The number of para-hydroxylation sites is 2. The Bertz CT molecular complexity index is 1860. The van der Waals surface area contributed by atoms with E-state index in [4.69, 9.17) is 4.98 Å². The minimum Gasteiger partial charge on any atom is -0.295 e. The molecule has 5 aromatic carbocycles. The number of hydrogen-bond acceptors (Lipinski definition) is 2. The van der Waals surface area contributed by atoms with Crippen molar-refractivity contribution < 1.29 is 0 Å². The van der Waals surface area contributed by atoms with Crippen molar-refractivity contribution in [2.24, 2.45) is 0 Å². The fraction of sp³-hybridized carbons (Fsp3) is 0.0588. The van der Waals surface area contributed by atoms with Crippen LogP contribution in [0.25, 0.3) is 60.6 Å². The van der Waals surface area contributed by atoms with Crippen molar-refractivity contribution in [1.29, 1.82) is 0 Å². The summed E-state index contributed by atoms with van der Waals surface area (Å²) < 4.78 is 2.37. The number of aromatic nitrogens is 3. The van der Waals surface area contributed by atoms with E-state index in [1.165, 1.54) is 38.4 Å². The second kappa shape index (κ2) is 8.72. The van der Waals surface area contributed by atoms with Gasteiger partial charge in [0.1, 0.15) is 5.82 Å². The second-order valence-corrected chi connectivity index (χ2v) is 9.32. The van der Waals surface area contributed by atoms with Gasteiger partial charge in [-0.1, -0.05) is 91.9 Å². The van der Waals surface area contributed by atoms with Crippen molar-refractivity contribution in [3.8, 4) is 28.1 Å². The first-order valence-electron chi connectivity index (χ1n) is 12.8. The summed E-state index contributed by atoms with van der Waals surface area (Å²) in [4.78, 5) is 9.60. The summed E-state index contributed by atoms with van der Waals surface area (Å²) in [6.07, 6.45) is 2.70. The molecule has 0 unspecified atom stereocenters. The molecule has 7 rings (SSSR count). The lowest BCUT2D eigenvalue weighted by atomic mass is 9.89. The number of fused-ring (bicyclic) bond motifs is 3. The van der Waals surface area contributed by atoms with Crippen LogP contribution in [0.1, 0.15) is 12.7 Å². The summed E-state index contributed by atoms with van der Waals surface area (Å²) in [6.45, 7) is 2.18. The summed E-state index contributed by atoms with van der Waals surface area (Å²) in [5.41, 5.74) is 7.89. The highest BCUT2D eigenvalue weighted by atomic mass is 15.1. The molecule has 0 bridgehead atoms. The molecule has 0 aliphatic carbocycles. The van der Waals surface area contributed by atoms with Crippen molar-refractivity contribution >= 4 is 32.6 Å². The number of rotatable bonds is 4. The number of hydrogen-bond donors (Lipinski definition) is 0. The summed E-state index contributed by atoms with van der Waals surface area (Å²) >= 11 is 0. The second-order valence-electron chi connectivity index (χ2n) is 9.32. The number of aryl methyl sites for hydroxylation is 1. The zero-order valence-corrected chi connectivity index (χ0v) is 20.6. The van der Waals surface area contributed by atoms with Crippen molar-refractivity contribution in [3.63, 3.8) is 0 Å². The van der Waals surface area contributed by atoms with Crippen LogP contribution in [0.3, 0.4) is 0 Å². The predicted molar refractivity (Wildman–Crippen MR) is 154 cm³/mol. The zero-order chi connectivity index (χ0) is 24.8. The van der Waals surface area contributed by atoms with Gasteiger partial charge in [-0.25, -0.2) is 4.98 Å². The van der Waals surface area contributed by atoms with Crippen LogP contribution in [0.2, 0.25) is 0 Å². The number of nitrogens with zero attached hydrogens (tertiary/aromatic N) is 3. The monoisotopic (exact) mass is 475 g/mol. The lowest BCUT2D eigenvalue weighted by Crippen LogP contribution is -2.03. The third kappa shape index (κ3) is 3.43. The standard InChI is InChI=1S/C34H25N3/c1-2-32-36-30-19-7-8-20-31(30)37(32)34-27-16-5-3-14-25(27)33(26-15-4-6-17-28(26)34)24-13-11-12-23(22-24)29-18-9-10-21-35-29/h3-22H,2H2,1H3. The predicted octanol–water partition coefficient (Wildman–Crippen LogP) is 8.62. The molecule has 0 atom stereocenters. The van der Waals surface area contributed by atoms with Crippen molar-refractivity contribution in [2.45, 2.75) is 13.3 Å². The number of imidazole rings is 1. The molecule has 2 heterocycles. The molecule has 0 fully saturated rings. The topological polar surface area (TPSA) is 30.7 Å². The molecule has 0 amide bonds. The van der Waals surface area contributed by atoms with Gasteiger partial charge in [-0.2, -0.15) is 0 Å². The SMILES string of the molecule is CCc1nc2ccccc2n1-c1c2ccccc2c(-c2cccc(-c3ccccn3)c2)c2ccccc12. The van der Waals surface area contributed by atoms with Crippen LogP contribution >= 0.6 is 0 Å². The molecular weight excluding hydrogens is 450 g/mol. The van der Waals surface area contributed by atoms with Gasteiger partial charge in [-0.05, 0) is 52.2 Å². The average Bonchev–Trinajstić information content (AvgIpc) is 3.34. The maximum absolute atomic E-state index is 5.00. The lowest BCUT2D eigenvalue weighted by Gasteiger charge is -2.20. The molecule has 176 valence electrons. The van der Waals surface area contributed by atoms with E-state index in [-0.39, 0.29) is 0 Å². The quantitative estimate of drug-likeness (QED) is 0.239. The first-order valence-corrected chi connectivity index (χ1v) is 12.8. The molecular formula is C34H25N3. The summed E-state index contributed by atoms with van der Waals surface area (Å²) in [7, 11) is 0. The van der Waals surface area contributed by atoms with Gasteiger partial charge in [-0.3, -0.25) is 9.55 Å². The molecule has 0 radical (unpaired) electrons. The third-order valence-corrected chi connectivity index (χ3v) is 7.19. The summed E-state index contributed by atoms with van der Waals surface area (Å²) in [5.74, 6) is 1.07. The highest BCUT2D eigenvalue weighted by molar-refractivity contribution is 6.18. The van der Waals surface area contributed by atoms with E-state index in [9.17, 15) is 0 Å². The van der Waals surface area contributed by atoms with Gasteiger partial charge >= 0.3 is 0 Å². The Kier molecular flexibility index (Phi) is 5.07. The Hall–Kier alpha value is -4.76. The third-order valence-electron chi connectivity index (χ3n) is 7.19. The number of pyridine rings is 1. The van der Waals surface area contributed by atoms with Gasteiger partial charge in [-0.15, -0.1) is 0 Å². The largest absolute Gasteiger partial charge is 0.295 e. The maximum atomic E-state index is 5.00. The minimum atomic E-state index is 0.852. The Morgan fingerprint density at radius 2 is 1.27 bits per heavy atom. The van der Waals surface area contributed by atoms with Gasteiger partial charge in [0.25, 0.3) is 0 Å². The normalized spacial score (nSPS) is 11.5. The highest BCUT2D eigenvalue weighted by Gasteiger charge is 2.20. The van der Waals surface area contributed by atoms with Crippen LogP contribution in [0.5, 0.6) is 0 Å². The van der Waals surface area contributed by atoms with E-state index >= 15 is 0 Å². The molecule has 3 nitrogen and oxygen atoms in total.